The second-order valence-corrected chi connectivity index (χ2v) is 2.99. The van der Waals surface area contributed by atoms with Crippen molar-refractivity contribution in [3.05, 3.63) is 35.9 Å². The minimum atomic E-state index is 0.919. The van der Waals surface area contributed by atoms with Crippen LogP contribution in [0.25, 0.3) is 0 Å². The van der Waals surface area contributed by atoms with E-state index in [0.29, 0.717) is 0 Å². The Hall–Kier alpha value is -0.860. The van der Waals surface area contributed by atoms with E-state index in [1.54, 1.807) is 0 Å². The molecule has 1 N–H and O–H groups in total. The lowest BCUT2D eigenvalue weighted by molar-refractivity contribution is 0.205. The van der Waals surface area contributed by atoms with Crippen LogP contribution in [-0.4, -0.2) is 18.1 Å². The zero-order valence-electron chi connectivity index (χ0n) is 8.46. The molecule has 0 aromatic heterocycles. The Morgan fingerprint density at radius 2 is 1.69 bits per heavy atom. The van der Waals surface area contributed by atoms with Gasteiger partial charge in [0.25, 0.3) is 0 Å². The van der Waals surface area contributed by atoms with Crippen LogP contribution >= 0.6 is 0 Å². The molecule has 0 heterocycles. The van der Waals surface area contributed by atoms with Crippen LogP contribution < -0.4 is 5.43 Å². The van der Waals surface area contributed by atoms with Gasteiger partial charge in [-0.2, -0.15) is 0 Å². The SMILES string of the molecule is CCN(CC)NCc1ccccc1. The van der Waals surface area contributed by atoms with Crippen LogP contribution in [0, 0.1) is 0 Å². The highest BCUT2D eigenvalue weighted by Crippen LogP contribution is 1.97. The normalized spacial score (nSPS) is 10.7. The summed E-state index contributed by atoms with van der Waals surface area (Å²) in [6.07, 6.45) is 0. The molecule has 0 amide bonds. The van der Waals surface area contributed by atoms with E-state index in [0.717, 1.165) is 19.6 Å². The van der Waals surface area contributed by atoms with Gasteiger partial charge in [0, 0.05) is 19.6 Å². The summed E-state index contributed by atoms with van der Waals surface area (Å²) in [7, 11) is 0. The number of benzene rings is 1. The molecule has 0 atom stereocenters. The number of rotatable bonds is 5. The summed E-state index contributed by atoms with van der Waals surface area (Å²) >= 11 is 0. The fourth-order valence-electron chi connectivity index (χ4n) is 1.25. The summed E-state index contributed by atoms with van der Waals surface area (Å²) in [4.78, 5) is 0. The standard InChI is InChI=1S/C11H18N2/c1-3-13(4-2)12-10-11-8-6-5-7-9-11/h5-9,12H,3-4,10H2,1-2H3. The number of hydrazine groups is 1. The maximum Gasteiger partial charge on any atom is 0.0353 e. The highest BCUT2D eigenvalue weighted by Gasteiger charge is 1.96. The van der Waals surface area contributed by atoms with Crippen molar-refractivity contribution in [2.75, 3.05) is 13.1 Å². The zero-order chi connectivity index (χ0) is 9.52. The lowest BCUT2D eigenvalue weighted by Crippen LogP contribution is -2.36. The topological polar surface area (TPSA) is 15.3 Å². The second-order valence-electron chi connectivity index (χ2n) is 2.99. The molecule has 2 heteroatoms. The number of nitrogens with zero attached hydrogens (tertiary/aromatic N) is 1. The van der Waals surface area contributed by atoms with Gasteiger partial charge < -0.3 is 0 Å². The van der Waals surface area contributed by atoms with E-state index in [1.165, 1.54) is 5.56 Å². The fraction of sp³-hybridized carbons (Fsp3) is 0.455. The van der Waals surface area contributed by atoms with Gasteiger partial charge in [-0.05, 0) is 5.56 Å². The van der Waals surface area contributed by atoms with Gasteiger partial charge in [0.2, 0.25) is 0 Å². The van der Waals surface area contributed by atoms with E-state index in [-0.39, 0.29) is 0 Å². The molecule has 1 aromatic carbocycles. The van der Waals surface area contributed by atoms with Crippen LogP contribution in [-0.2, 0) is 6.54 Å². The van der Waals surface area contributed by atoms with E-state index < -0.39 is 0 Å². The van der Waals surface area contributed by atoms with Crippen LogP contribution in [0.4, 0.5) is 0 Å². The molecule has 0 saturated carbocycles. The first-order valence-electron chi connectivity index (χ1n) is 4.89. The van der Waals surface area contributed by atoms with E-state index in [2.05, 4.69) is 48.5 Å². The first-order valence-corrected chi connectivity index (χ1v) is 4.89. The minimum absolute atomic E-state index is 0.919. The zero-order valence-corrected chi connectivity index (χ0v) is 8.46. The molecule has 72 valence electrons. The molecule has 1 rings (SSSR count). The van der Waals surface area contributed by atoms with Gasteiger partial charge in [-0.25, -0.2) is 5.01 Å². The van der Waals surface area contributed by atoms with Crippen molar-refractivity contribution in [2.45, 2.75) is 20.4 Å². The van der Waals surface area contributed by atoms with Gasteiger partial charge in [0.1, 0.15) is 0 Å². The summed E-state index contributed by atoms with van der Waals surface area (Å²) in [5, 5.41) is 2.20. The maximum atomic E-state index is 3.37. The summed E-state index contributed by atoms with van der Waals surface area (Å²) in [5.74, 6) is 0. The summed E-state index contributed by atoms with van der Waals surface area (Å²) in [5.41, 5.74) is 4.70. The second kappa shape index (κ2) is 5.73. The van der Waals surface area contributed by atoms with Gasteiger partial charge in [-0.3, -0.25) is 5.43 Å². The molecular formula is C11H18N2. The van der Waals surface area contributed by atoms with Gasteiger partial charge in [-0.1, -0.05) is 44.2 Å². The molecule has 0 spiro atoms. The quantitative estimate of drug-likeness (QED) is 0.694. The molecular weight excluding hydrogens is 160 g/mol. The average molecular weight is 178 g/mol. The van der Waals surface area contributed by atoms with Crippen molar-refractivity contribution < 1.29 is 0 Å². The van der Waals surface area contributed by atoms with Crippen molar-refractivity contribution in [1.29, 1.82) is 0 Å². The van der Waals surface area contributed by atoms with Crippen molar-refractivity contribution >= 4 is 0 Å². The minimum Gasteiger partial charge on any atom is -0.251 e. The Kier molecular flexibility index (Phi) is 4.50. The van der Waals surface area contributed by atoms with Gasteiger partial charge in [-0.15, -0.1) is 0 Å². The first-order chi connectivity index (χ1) is 6.36. The maximum absolute atomic E-state index is 3.37. The van der Waals surface area contributed by atoms with Gasteiger partial charge >= 0.3 is 0 Å². The van der Waals surface area contributed by atoms with E-state index in [9.17, 15) is 0 Å². The molecule has 0 saturated heterocycles. The Morgan fingerprint density at radius 3 is 2.23 bits per heavy atom. The van der Waals surface area contributed by atoms with Crippen molar-refractivity contribution in [3.63, 3.8) is 0 Å². The molecule has 1 aromatic rings. The van der Waals surface area contributed by atoms with Gasteiger partial charge in [0.15, 0.2) is 0 Å². The number of nitrogens with one attached hydrogen (secondary N) is 1. The van der Waals surface area contributed by atoms with Gasteiger partial charge in [0.05, 0.1) is 0 Å². The van der Waals surface area contributed by atoms with Crippen LogP contribution in [0.5, 0.6) is 0 Å². The predicted molar refractivity (Wildman–Crippen MR) is 56.2 cm³/mol. The van der Waals surface area contributed by atoms with Crippen LogP contribution in [0.3, 0.4) is 0 Å². The Balaban J connectivity index is 2.34. The molecule has 0 unspecified atom stereocenters. The summed E-state index contributed by atoms with van der Waals surface area (Å²) < 4.78 is 0. The molecule has 0 bridgehead atoms. The lowest BCUT2D eigenvalue weighted by Gasteiger charge is -2.19. The van der Waals surface area contributed by atoms with Crippen molar-refractivity contribution in [3.8, 4) is 0 Å². The summed E-state index contributed by atoms with van der Waals surface area (Å²) in [6.45, 7) is 7.32. The predicted octanol–water partition coefficient (Wildman–Crippen LogP) is 2.03. The highest BCUT2D eigenvalue weighted by atomic mass is 15.5. The smallest absolute Gasteiger partial charge is 0.0353 e. The first kappa shape index (κ1) is 10.2. The highest BCUT2D eigenvalue weighted by molar-refractivity contribution is 5.13. The number of hydrogen-bond acceptors (Lipinski definition) is 2. The third-order valence-electron chi connectivity index (χ3n) is 2.11. The molecule has 2 nitrogen and oxygen atoms in total. The average Bonchev–Trinajstić information content (AvgIpc) is 2.21. The van der Waals surface area contributed by atoms with E-state index in [1.807, 2.05) is 6.07 Å². The van der Waals surface area contributed by atoms with Crippen LogP contribution in [0.2, 0.25) is 0 Å². The third kappa shape index (κ3) is 3.57. The Morgan fingerprint density at radius 1 is 1.08 bits per heavy atom. The third-order valence-corrected chi connectivity index (χ3v) is 2.11. The molecule has 0 fully saturated rings. The molecule has 0 aliphatic carbocycles. The van der Waals surface area contributed by atoms with E-state index in [4.69, 9.17) is 0 Å². The largest absolute Gasteiger partial charge is 0.251 e. The molecule has 13 heavy (non-hydrogen) atoms. The monoisotopic (exact) mass is 178 g/mol. The van der Waals surface area contributed by atoms with Crippen LogP contribution in [0.1, 0.15) is 19.4 Å². The fourth-order valence-corrected chi connectivity index (χ4v) is 1.25. The van der Waals surface area contributed by atoms with Crippen molar-refractivity contribution in [2.24, 2.45) is 0 Å². The number of hydrogen-bond donors (Lipinski definition) is 1. The lowest BCUT2D eigenvalue weighted by atomic mass is 10.2. The Labute approximate surface area is 80.5 Å². The summed E-state index contributed by atoms with van der Waals surface area (Å²) in [6, 6.07) is 10.5. The van der Waals surface area contributed by atoms with Crippen molar-refractivity contribution in [1.82, 2.24) is 10.4 Å². The molecule has 0 aliphatic heterocycles. The Bertz CT molecular complexity index is 217. The molecule has 0 aliphatic rings. The van der Waals surface area contributed by atoms with E-state index >= 15 is 0 Å². The van der Waals surface area contributed by atoms with Crippen LogP contribution in [0.15, 0.2) is 30.3 Å². The molecule has 0 radical (unpaired) electrons.